The summed E-state index contributed by atoms with van der Waals surface area (Å²) in [6, 6.07) is -0.0692. The van der Waals surface area contributed by atoms with Crippen LogP contribution in [-0.2, 0) is 4.74 Å². The minimum atomic E-state index is -4.53. The van der Waals surface area contributed by atoms with Crippen LogP contribution in [-0.4, -0.2) is 43.0 Å². The molecule has 2 atom stereocenters. The maximum atomic E-state index is 12.7. The summed E-state index contributed by atoms with van der Waals surface area (Å²) >= 11 is 0. The quantitative estimate of drug-likeness (QED) is 0.308. The van der Waals surface area contributed by atoms with E-state index in [-0.39, 0.29) is 12.0 Å². The Morgan fingerprint density at radius 3 is 2.53 bits per heavy atom. The largest absolute Gasteiger partial charge is 0.409 e. The SMILES string of the molecule is CC(NCC(C(N)=NO)C(F)(F)F)C1CCOCC1. The average Bonchev–Trinajstić information content (AvgIpc) is 2.37. The zero-order valence-electron chi connectivity index (χ0n) is 10.8. The lowest BCUT2D eigenvalue weighted by Gasteiger charge is -2.30. The molecular weight excluding hydrogens is 263 g/mol. The molecule has 1 aliphatic rings. The van der Waals surface area contributed by atoms with Gasteiger partial charge in [0.1, 0.15) is 5.92 Å². The van der Waals surface area contributed by atoms with E-state index in [2.05, 4.69) is 10.5 Å². The Balaban J connectivity index is 2.51. The number of nitrogens with one attached hydrogen (secondary N) is 1. The number of oxime groups is 1. The molecular formula is C11H20F3N3O2. The number of alkyl halides is 3. The second-order valence-electron chi connectivity index (χ2n) is 4.77. The topological polar surface area (TPSA) is 79.9 Å². The minimum Gasteiger partial charge on any atom is -0.409 e. The van der Waals surface area contributed by atoms with Crippen molar-refractivity contribution in [1.82, 2.24) is 5.32 Å². The molecule has 4 N–H and O–H groups in total. The van der Waals surface area contributed by atoms with Gasteiger partial charge in [-0.1, -0.05) is 5.16 Å². The molecule has 1 rings (SSSR count). The molecule has 8 heteroatoms. The highest BCUT2D eigenvalue weighted by molar-refractivity contribution is 5.83. The first-order chi connectivity index (χ1) is 8.86. The van der Waals surface area contributed by atoms with Gasteiger partial charge >= 0.3 is 6.18 Å². The summed E-state index contributed by atoms with van der Waals surface area (Å²) in [7, 11) is 0. The Bertz CT molecular complexity index is 304. The van der Waals surface area contributed by atoms with Gasteiger partial charge < -0.3 is 21.0 Å². The van der Waals surface area contributed by atoms with E-state index in [1.807, 2.05) is 6.92 Å². The average molecular weight is 283 g/mol. The summed E-state index contributed by atoms with van der Waals surface area (Å²) in [6.45, 7) is 2.73. The summed E-state index contributed by atoms with van der Waals surface area (Å²) < 4.78 is 43.4. The number of hydrogen-bond acceptors (Lipinski definition) is 4. The highest BCUT2D eigenvalue weighted by atomic mass is 19.4. The van der Waals surface area contributed by atoms with Gasteiger partial charge in [-0.05, 0) is 25.7 Å². The molecule has 0 radical (unpaired) electrons. The van der Waals surface area contributed by atoms with E-state index in [4.69, 9.17) is 15.7 Å². The molecule has 0 bridgehead atoms. The predicted octanol–water partition coefficient (Wildman–Crippen LogP) is 1.32. The normalized spacial score (nSPS) is 22.2. The van der Waals surface area contributed by atoms with Crippen molar-refractivity contribution in [3.05, 3.63) is 0 Å². The summed E-state index contributed by atoms with van der Waals surface area (Å²) in [4.78, 5) is 0. The second-order valence-corrected chi connectivity index (χ2v) is 4.77. The third kappa shape index (κ3) is 4.87. The fourth-order valence-corrected chi connectivity index (χ4v) is 2.14. The van der Waals surface area contributed by atoms with E-state index in [0.717, 1.165) is 12.8 Å². The van der Waals surface area contributed by atoms with Crippen LogP contribution in [0.1, 0.15) is 19.8 Å². The maximum absolute atomic E-state index is 12.7. The van der Waals surface area contributed by atoms with Crippen molar-refractivity contribution in [3.63, 3.8) is 0 Å². The van der Waals surface area contributed by atoms with Crippen molar-refractivity contribution in [1.29, 1.82) is 0 Å². The summed E-state index contributed by atoms with van der Waals surface area (Å²) in [5.74, 6) is -2.51. The molecule has 1 heterocycles. The first-order valence-corrected chi connectivity index (χ1v) is 6.21. The molecule has 2 unspecified atom stereocenters. The number of halogens is 3. The van der Waals surface area contributed by atoms with Gasteiger partial charge in [-0.15, -0.1) is 0 Å². The summed E-state index contributed by atoms with van der Waals surface area (Å²) in [5.41, 5.74) is 5.09. The van der Waals surface area contributed by atoms with Crippen LogP contribution in [0.25, 0.3) is 0 Å². The Hall–Kier alpha value is -1.02. The molecule has 0 aromatic rings. The van der Waals surface area contributed by atoms with Crippen LogP contribution in [0.2, 0.25) is 0 Å². The van der Waals surface area contributed by atoms with Gasteiger partial charge in [-0.3, -0.25) is 0 Å². The van der Waals surface area contributed by atoms with Crippen LogP contribution in [0, 0.1) is 11.8 Å². The Labute approximate surface area is 110 Å². The molecule has 112 valence electrons. The summed E-state index contributed by atoms with van der Waals surface area (Å²) in [6.07, 6.45) is -2.87. The first kappa shape index (κ1) is 16.0. The van der Waals surface area contributed by atoms with E-state index in [1.54, 1.807) is 0 Å². The van der Waals surface area contributed by atoms with Gasteiger partial charge in [0.2, 0.25) is 0 Å². The van der Waals surface area contributed by atoms with Crippen LogP contribution < -0.4 is 11.1 Å². The number of amidine groups is 1. The lowest BCUT2D eigenvalue weighted by atomic mass is 9.92. The van der Waals surface area contributed by atoms with E-state index in [9.17, 15) is 13.2 Å². The van der Waals surface area contributed by atoms with Crippen molar-refractivity contribution in [2.24, 2.45) is 22.7 Å². The number of nitrogens with two attached hydrogens (primary N) is 1. The van der Waals surface area contributed by atoms with Crippen LogP contribution in [0.5, 0.6) is 0 Å². The smallest absolute Gasteiger partial charge is 0.400 e. The molecule has 5 nitrogen and oxygen atoms in total. The highest BCUT2D eigenvalue weighted by Gasteiger charge is 2.42. The third-order valence-electron chi connectivity index (χ3n) is 3.48. The van der Waals surface area contributed by atoms with Crippen LogP contribution in [0.15, 0.2) is 5.16 Å². The molecule has 0 aromatic carbocycles. The molecule has 1 saturated heterocycles. The molecule has 19 heavy (non-hydrogen) atoms. The van der Waals surface area contributed by atoms with E-state index < -0.39 is 24.5 Å². The number of nitrogens with zero attached hydrogens (tertiary/aromatic N) is 1. The van der Waals surface area contributed by atoms with E-state index in [1.165, 1.54) is 0 Å². The van der Waals surface area contributed by atoms with Crippen LogP contribution in [0.4, 0.5) is 13.2 Å². The van der Waals surface area contributed by atoms with Crippen molar-refractivity contribution >= 4 is 5.84 Å². The number of ether oxygens (including phenoxy) is 1. The van der Waals surface area contributed by atoms with Crippen molar-refractivity contribution < 1.29 is 23.1 Å². The predicted molar refractivity (Wildman–Crippen MR) is 64.0 cm³/mol. The second kappa shape index (κ2) is 6.95. The zero-order valence-corrected chi connectivity index (χ0v) is 10.8. The minimum absolute atomic E-state index is 0.0692. The lowest BCUT2D eigenvalue weighted by Crippen LogP contribution is -2.47. The first-order valence-electron chi connectivity index (χ1n) is 6.21. The number of rotatable bonds is 5. The van der Waals surface area contributed by atoms with Crippen molar-refractivity contribution in [3.8, 4) is 0 Å². The van der Waals surface area contributed by atoms with Crippen molar-refractivity contribution in [2.45, 2.75) is 32.0 Å². The molecule has 0 aromatic heterocycles. The monoisotopic (exact) mass is 283 g/mol. The Morgan fingerprint density at radius 1 is 1.47 bits per heavy atom. The van der Waals surface area contributed by atoms with Gasteiger partial charge in [-0.2, -0.15) is 13.2 Å². The molecule has 1 aliphatic heterocycles. The molecule has 0 aliphatic carbocycles. The molecule has 0 saturated carbocycles. The molecule has 0 amide bonds. The Kier molecular flexibility index (Phi) is 5.86. The van der Waals surface area contributed by atoms with Gasteiger partial charge in [0.05, 0.1) is 0 Å². The van der Waals surface area contributed by atoms with Crippen LogP contribution in [0.3, 0.4) is 0 Å². The molecule has 0 spiro atoms. The summed E-state index contributed by atoms with van der Waals surface area (Å²) in [5, 5.41) is 13.7. The van der Waals surface area contributed by atoms with Gasteiger partial charge in [0.25, 0.3) is 0 Å². The zero-order chi connectivity index (χ0) is 14.5. The van der Waals surface area contributed by atoms with E-state index in [0.29, 0.717) is 13.2 Å². The van der Waals surface area contributed by atoms with Crippen molar-refractivity contribution in [2.75, 3.05) is 19.8 Å². The fraction of sp³-hybridized carbons (Fsp3) is 0.909. The van der Waals surface area contributed by atoms with Gasteiger partial charge in [0, 0.05) is 25.8 Å². The van der Waals surface area contributed by atoms with Gasteiger partial charge in [0.15, 0.2) is 5.84 Å². The number of hydrogen-bond donors (Lipinski definition) is 3. The van der Waals surface area contributed by atoms with Gasteiger partial charge in [-0.25, -0.2) is 0 Å². The Morgan fingerprint density at radius 2 is 2.05 bits per heavy atom. The van der Waals surface area contributed by atoms with E-state index >= 15 is 0 Å². The standard InChI is InChI=1S/C11H20F3N3O2/c1-7(8-2-4-19-5-3-8)16-6-9(10(15)17-18)11(12,13)14/h7-9,16,18H,2-6H2,1H3,(H2,15,17). The highest BCUT2D eigenvalue weighted by Crippen LogP contribution is 2.26. The third-order valence-corrected chi connectivity index (χ3v) is 3.48. The lowest BCUT2D eigenvalue weighted by molar-refractivity contribution is -0.155. The van der Waals surface area contributed by atoms with Crippen LogP contribution >= 0.6 is 0 Å². The fourth-order valence-electron chi connectivity index (χ4n) is 2.14. The molecule has 1 fully saturated rings. The maximum Gasteiger partial charge on any atom is 0.400 e.